The molecule has 2 rings (SSSR count). The second-order valence-corrected chi connectivity index (χ2v) is 6.09. The number of nitrogens with one attached hydrogen (secondary N) is 1. The summed E-state index contributed by atoms with van der Waals surface area (Å²) < 4.78 is 1.37. The highest BCUT2D eigenvalue weighted by Gasteiger charge is 2.25. The van der Waals surface area contributed by atoms with Crippen molar-refractivity contribution in [1.29, 1.82) is 0 Å². The first kappa shape index (κ1) is 14.2. The van der Waals surface area contributed by atoms with Gasteiger partial charge in [-0.2, -0.15) is 11.8 Å². The summed E-state index contributed by atoms with van der Waals surface area (Å²) in [6, 6.07) is -0.00181. The van der Waals surface area contributed by atoms with E-state index in [0.29, 0.717) is 17.2 Å². The van der Waals surface area contributed by atoms with E-state index in [1.54, 1.807) is 6.92 Å². The Bertz CT molecular complexity index is 556. The molecule has 2 N–H and O–H groups in total. The Morgan fingerprint density at radius 1 is 1.32 bits per heavy atom. The molecule has 1 heterocycles. The fourth-order valence-corrected chi connectivity index (χ4v) is 3.52. The molecule has 0 aromatic carbocycles. The van der Waals surface area contributed by atoms with Crippen LogP contribution in [0.1, 0.15) is 44.2 Å². The molecule has 0 spiro atoms. The highest BCUT2D eigenvalue weighted by Crippen LogP contribution is 2.34. The third-order valence-electron chi connectivity index (χ3n) is 3.91. The third kappa shape index (κ3) is 2.73. The Balaban J connectivity index is 2.36. The van der Waals surface area contributed by atoms with Crippen LogP contribution in [0, 0.1) is 0 Å². The summed E-state index contributed by atoms with van der Waals surface area (Å²) in [5.41, 5.74) is -0.669. The summed E-state index contributed by atoms with van der Waals surface area (Å²) in [6.07, 6.45) is 6.34. The topological polar surface area (TPSA) is 75.1 Å². The lowest BCUT2D eigenvalue weighted by molar-refractivity contribution is 0.299. The normalized spacial score (nSPS) is 23.5. The molecule has 0 unspecified atom stereocenters. The van der Waals surface area contributed by atoms with Crippen molar-refractivity contribution < 1.29 is 5.11 Å². The van der Waals surface area contributed by atoms with Crippen LogP contribution in [0.15, 0.2) is 9.59 Å². The average molecular weight is 284 g/mol. The lowest BCUT2D eigenvalue weighted by Gasteiger charge is -2.29. The summed E-state index contributed by atoms with van der Waals surface area (Å²) in [5, 5.41) is 10.8. The molecular weight excluding hydrogens is 264 g/mol. The summed E-state index contributed by atoms with van der Waals surface area (Å²) in [6.45, 7) is 1.80. The van der Waals surface area contributed by atoms with Gasteiger partial charge in [0.2, 0.25) is 5.88 Å². The zero-order chi connectivity index (χ0) is 14.0. The number of aromatic nitrogens is 2. The minimum Gasteiger partial charge on any atom is -0.494 e. The minimum atomic E-state index is -0.493. The highest BCUT2D eigenvalue weighted by molar-refractivity contribution is 7.99. The molecule has 1 aliphatic rings. The summed E-state index contributed by atoms with van der Waals surface area (Å²) in [7, 11) is 0. The van der Waals surface area contributed by atoms with Crippen LogP contribution < -0.4 is 11.2 Å². The van der Waals surface area contributed by atoms with Crippen molar-refractivity contribution in [3.63, 3.8) is 0 Å². The standard InChI is InChI=1S/C13H20N2O3S/c1-3-10-11(16)14-13(18)15(12(10)17)8-4-6-9(19-2)7-5-8/h8-9,17H,3-7H2,1-2H3,(H,14,16,18). The smallest absolute Gasteiger partial charge is 0.331 e. The van der Waals surface area contributed by atoms with Gasteiger partial charge in [0, 0.05) is 11.3 Å². The average Bonchev–Trinajstić information content (AvgIpc) is 2.39. The van der Waals surface area contributed by atoms with Gasteiger partial charge in [-0.15, -0.1) is 0 Å². The molecule has 1 aromatic heterocycles. The van der Waals surface area contributed by atoms with Crippen LogP contribution in [0.4, 0.5) is 0 Å². The molecule has 1 fully saturated rings. The molecule has 5 nitrogen and oxygen atoms in total. The van der Waals surface area contributed by atoms with Gasteiger partial charge in [0.05, 0.1) is 5.56 Å². The van der Waals surface area contributed by atoms with Gasteiger partial charge in [-0.1, -0.05) is 6.92 Å². The zero-order valence-electron chi connectivity index (χ0n) is 11.3. The number of nitrogens with zero attached hydrogens (tertiary/aromatic N) is 1. The van der Waals surface area contributed by atoms with Crippen LogP contribution in [0.25, 0.3) is 0 Å². The van der Waals surface area contributed by atoms with Gasteiger partial charge in [-0.05, 0) is 38.4 Å². The van der Waals surface area contributed by atoms with Crippen molar-refractivity contribution in [2.24, 2.45) is 0 Å². The largest absolute Gasteiger partial charge is 0.494 e. The van der Waals surface area contributed by atoms with E-state index in [2.05, 4.69) is 11.2 Å². The highest BCUT2D eigenvalue weighted by atomic mass is 32.2. The van der Waals surface area contributed by atoms with Crippen LogP contribution in [0.2, 0.25) is 0 Å². The second kappa shape index (κ2) is 5.86. The molecule has 6 heteroatoms. The van der Waals surface area contributed by atoms with E-state index < -0.39 is 11.2 Å². The molecule has 0 bridgehead atoms. The summed E-state index contributed by atoms with van der Waals surface area (Å²) >= 11 is 1.85. The Morgan fingerprint density at radius 3 is 2.47 bits per heavy atom. The van der Waals surface area contributed by atoms with Crippen LogP contribution >= 0.6 is 11.8 Å². The maximum Gasteiger partial charge on any atom is 0.331 e. The minimum absolute atomic E-state index is 0.00181. The first-order valence-electron chi connectivity index (χ1n) is 6.67. The number of aromatic amines is 1. The summed E-state index contributed by atoms with van der Waals surface area (Å²) in [4.78, 5) is 25.8. The lowest BCUT2D eigenvalue weighted by Crippen LogP contribution is -2.35. The van der Waals surface area contributed by atoms with Crippen molar-refractivity contribution in [2.75, 3.05) is 6.26 Å². The van der Waals surface area contributed by atoms with Crippen molar-refractivity contribution in [3.05, 3.63) is 26.4 Å². The van der Waals surface area contributed by atoms with Crippen molar-refractivity contribution >= 4 is 11.8 Å². The third-order valence-corrected chi connectivity index (χ3v) is 5.05. The van der Waals surface area contributed by atoms with E-state index >= 15 is 0 Å². The van der Waals surface area contributed by atoms with Gasteiger partial charge in [-0.25, -0.2) is 4.79 Å². The molecule has 1 aromatic rings. The van der Waals surface area contributed by atoms with E-state index in [9.17, 15) is 14.7 Å². The maximum absolute atomic E-state index is 11.9. The van der Waals surface area contributed by atoms with Crippen LogP contribution in [-0.2, 0) is 6.42 Å². The molecule has 0 saturated heterocycles. The summed E-state index contributed by atoms with van der Waals surface area (Å²) in [5.74, 6) is -0.149. The zero-order valence-corrected chi connectivity index (χ0v) is 12.1. The molecule has 0 atom stereocenters. The number of H-pyrrole nitrogens is 1. The molecule has 0 amide bonds. The molecular formula is C13H20N2O3S. The van der Waals surface area contributed by atoms with Crippen molar-refractivity contribution in [2.45, 2.75) is 50.3 Å². The van der Waals surface area contributed by atoms with Gasteiger partial charge in [0.25, 0.3) is 5.56 Å². The first-order valence-corrected chi connectivity index (χ1v) is 7.96. The number of rotatable bonds is 3. The lowest BCUT2D eigenvalue weighted by atomic mass is 9.94. The van der Waals surface area contributed by atoms with Gasteiger partial charge in [0.1, 0.15) is 0 Å². The Kier molecular flexibility index (Phi) is 4.39. The Morgan fingerprint density at radius 2 is 1.95 bits per heavy atom. The maximum atomic E-state index is 11.9. The van der Waals surface area contributed by atoms with Gasteiger partial charge in [0.15, 0.2) is 0 Å². The molecule has 106 valence electrons. The van der Waals surface area contributed by atoms with Gasteiger partial charge >= 0.3 is 5.69 Å². The number of thioether (sulfide) groups is 1. The fourth-order valence-electron chi connectivity index (χ4n) is 2.77. The first-order chi connectivity index (χ1) is 9.08. The van der Waals surface area contributed by atoms with E-state index in [-0.39, 0.29) is 11.9 Å². The van der Waals surface area contributed by atoms with Crippen LogP contribution in [-0.4, -0.2) is 26.2 Å². The Hall–Kier alpha value is -1.17. The number of hydrogen-bond acceptors (Lipinski definition) is 4. The molecule has 0 radical (unpaired) electrons. The Labute approximate surface area is 116 Å². The van der Waals surface area contributed by atoms with E-state index in [4.69, 9.17) is 0 Å². The van der Waals surface area contributed by atoms with E-state index in [1.807, 2.05) is 11.8 Å². The molecule has 0 aliphatic heterocycles. The van der Waals surface area contributed by atoms with Crippen LogP contribution in [0.3, 0.4) is 0 Å². The van der Waals surface area contributed by atoms with Crippen molar-refractivity contribution in [3.8, 4) is 5.88 Å². The fraction of sp³-hybridized carbons (Fsp3) is 0.692. The predicted octanol–water partition coefficient (Wildman–Crippen LogP) is 1.65. The van der Waals surface area contributed by atoms with E-state index in [0.717, 1.165) is 25.7 Å². The van der Waals surface area contributed by atoms with E-state index in [1.165, 1.54) is 4.57 Å². The quantitative estimate of drug-likeness (QED) is 0.885. The predicted molar refractivity (Wildman–Crippen MR) is 77.2 cm³/mol. The molecule has 1 saturated carbocycles. The van der Waals surface area contributed by atoms with Crippen molar-refractivity contribution in [1.82, 2.24) is 9.55 Å². The molecule has 1 aliphatic carbocycles. The SMILES string of the molecule is CCc1c(O)n(C2CCC(SC)CC2)c(=O)[nH]c1=O. The second-order valence-electron chi connectivity index (χ2n) is 4.95. The molecule has 19 heavy (non-hydrogen) atoms. The number of aromatic hydroxyl groups is 1. The monoisotopic (exact) mass is 284 g/mol. The number of hydrogen-bond donors (Lipinski definition) is 2. The van der Waals surface area contributed by atoms with Gasteiger partial charge in [-0.3, -0.25) is 14.3 Å². The van der Waals surface area contributed by atoms with Crippen LogP contribution in [0.5, 0.6) is 5.88 Å². The van der Waals surface area contributed by atoms with Gasteiger partial charge < -0.3 is 5.11 Å².